The monoisotopic (exact) mass is 420 g/mol. The molecule has 1 aromatic heterocycles. The van der Waals surface area contributed by atoms with Gasteiger partial charge in [0.2, 0.25) is 11.0 Å². The number of carbonyl (C=O) groups excluding carboxylic acids is 1. The molecule has 0 spiro atoms. The number of nitrogens with zero attached hydrogens (tertiary/aromatic N) is 2. The van der Waals surface area contributed by atoms with Crippen LogP contribution >= 0.6 is 23.1 Å². The molecule has 0 radical (unpaired) electrons. The molecule has 28 heavy (non-hydrogen) atoms. The van der Waals surface area contributed by atoms with Gasteiger partial charge in [0.15, 0.2) is 4.34 Å². The number of hydrogen-bond acceptors (Lipinski definition) is 7. The van der Waals surface area contributed by atoms with Crippen molar-refractivity contribution in [3.8, 4) is 0 Å². The molecule has 1 fully saturated rings. The van der Waals surface area contributed by atoms with E-state index in [2.05, 4.69) is 52.0 Å². The molecule has 2 heterocycles. The number of unbranched alkanes of at least 4 members (excludes halogenated alkanes) is 1. The minimum absolute atomic E-state index is 0.00729. The van der Waals surface area contributed by atoms with Gasteiger partial charge in [-0.05, 0) is 50.3 Å². The van der Waals surface area contributed by atoms with E-state index in [-0.39, 0.29) is 17.3 Å². The summed E-state index contributed by atoms with van der Waals surface area (Å²) in [5, 5.41) is 15.1. The first kappa shape index (κ1) is 21.1. The molecule has 2 aromatic rings. The highest BCUT2D eigenvalue weighted by Crippen LogP contribution is 2.30. The summed E-state index contributed by atoms with van der Waals surface area (Å²) < 4.78 is 6.32. The van der Waals surface area contributed by atoms with Gasteiger partial charge in [-0.1, -0.05) is 48.6 Å². The summed E-state index contributed by atoms with van der Waals surface area (Å²) in [6.45, 7) is 5.47. The third-order valence-corrected chi connectivity index (χ3v) is 6.63. The molecule has 1 aromatic carbocycles. The fourth-order valence-corrected chi connectivity index (χ4v) is 4.88. The Hall–Kier alpha value is -1.64. The Morgan fingerprint density at radius 3 is 2.89 bits per heavy atom. The predicted octanol–water partition coefficient (Wildman–Crippen LogP) is 4.40. The average Bonchev–Trinajstić information content (AvgIpc) is 3.37. The summed E-state index contributed by atoms with van der Waals surface area (Å²) in [6.07, 6.45) is 5.79. The molecule has 0 aliphatic carbocycles. The molecule has 0 saturated carbocycles. The number of hydrogen-bond donors (Lipinski definition) is 2. The molecule has 0 bridgehead atoms. The first-order chi connectivity index (χ1) is 13.6. The fraction of sp³-hybridized carbons (Fsp3) is 0.550. The van der Waals surface area contributed by atoms with Crippen molar-refractivity contribution in [1.82, 2.24) is 15.5 Å². The van der Waals surface area contributed by atoms with Gasteiger partial charge in [0.25, 0.3) is 0 Å². The van der Waals surface area contributed by atoms with Gasteiger partial charge in [0.1, 0.15) is 0 Å². The van der Waals surface area contributed by atoms with E-state index in [4.69, 9.17) is 4.74 Å². The zero-order valence-corrected chi connectivity index (χ0v) is 18.1. The summed E-state index contributed by atoms with van der Waals surface area (Å²) >= 11 is 2.89. The number of carbonyl (C=O) groups is 1. The van der Waals surface area contributed by atoms with Crippen molar-refractivity contribution in [2.45, 2.75) is 61.6 Å². The zero-order valence-electron chi connectivity index (χ0n) is 16.4. The average molecular weight is 421 g/mol. The summed E-state index contributed by atoms with van der Waals surface area (Å²) in [7, 11) is 0. The van der Waals surface area contributed by atoms with Crippen LogP contribution in [-0.4, -0.2) is 40.6 Å². The van der Waals surface area contributed by atoms with Gasteiger partial charge in [-0.3, -0.25) is 4.79 Å². The van der Waals surface area contributed by atoms with Crippen LogP contribution in [0.2, 0.25) is 0 Å². The van der Waals surface area contributed by atoms with E-state index in [1.165, 1.54) is 41.5 Å². The third kappa shape index (κ3) is 6.46. The molecule has 1 amide bonds. The number of benzene rings is 1. The molecule has 1 saturated heterocycles. The number of thioether (sulfide) groups is 1. The van der Waals surface area contributed by atoms with E-state index in [0.717, 1.165) is 41.0 Å². The quantitative estimate of drug-likeness (QED) is 0.555. The van der Waals surface area contributed by atoms with E-state index < -0.39 is 0 Å². The number of amides is 1. The van der Waals surface area contributed by atoms with Crippen LogP contribution in [0.1, 0.15) is 45.1 Å². The maximum atomic E-state index is 12.3. The van der Waals surface area contributed by atoms with Gasteiger partial charge in [-0.15, -0.1) is 10.2 Å². The Morgan fingerprint density at radius 1 is 1.36 bits per heavy atom. The molecule has 2 atom stereocenters. The lowest BCUT2D eigenvalue weighted by molar-refractivity contribution is -0.120. The van der Waals surface area contributed by atoms with Gasteiger partial charge in [0.05, 0.1) is 11.4 Å². The van der Waals surface area contributed by atoms with Crippen LogP contribution < -0.4 is 10.6 Å². The molecular weight excluding hydrogens is 392 g/mol. The maximum absolute atomic E-state index is 12.3. The van der Waals surface area contributed by atoms with Crippen molar-refractivity contribution in [3.63, 3.8) is 0 Å². The maximum Gasteiger partial charge on any atom is 0.233 e. The predicted molar refractivity (Wildman–Crippen MR) is 116 cm³/mol. The summed E-state index contributed by atoms with van der Waals surface area (Å²) in [6, 6.07) is 8.44. The molecule has 2 N–H and O–H groups in total. The number of aromatic nitrogens is 2. The van der Waals surface area contributed by atoms with Gasteiger partial charge in [-0.25, -0.2) is 0 Å². The molecule has 152 valence electrons. The lowest BCUT2D eigenvalue weighted by Crippen LogP contribution is -2.36. The SMILES string of the molecule is CCCCc1ccc(Nc2nnc(S[C@H](C)C(=O)NC[C@H]3CCCO3)s2)cc1. The number of nitrogens with one attached hydrogen (secondary N) is 2. The number of ether oxygens (including phenoxy) is 1. The Morgan fingerprint density at radius 2 is 2.18 bits per heavy atom. The molecule has 8 heteroatoms. The van der Waals surface area contributed by atoms with Gasteiger partial charge < -0.3 is 15.4 Å². The van der Waals surface area contributed by atoms with Crippen molar-refractivity contribution < 1.29 is 9.53 Å². The summed E-state index contributed by atoms with van der Waals surface area (Å²) in [4.78, 5) is 12.3. The van der Waals surface area contributed by atoms with Crippen molar-refractivity contribution in [3.05, 3.63) is 29.8 Å². The summed E-state index contributed by atoms with van der Waals surface area (Å²) in [5.74, 6) is 0.00729. The highest BCUT2D eigenvalue weighted by molar-refractivity contribution is 8.02. The molecule has 3 rings (SSSR count). The minimum Gasteiger partial charge on any atom is -0.376 e. The van der Waals surface area contributed by atoms with E-state index in [1.807, 2.05) is 6.92 Å². The minimum atomic E-state index is -0.222. The Kier molecular flexibility index (Phi) is 8.12. The van der Waals surface area contributed by atoms with Crippen LogP contribution in [0, 0.1) is 0 Å². The van der Waals surface area contributed by atoms with Gasteiger partial charge in [0, 0.05) is 18.8 Å². The Balaban J connectivity index is 1.45. The fourth-order valence-electron chi connectivity index (χ4n) is 2.94. The first-order valence-electron chi connectivity index (χ1n) is 9.89. The highest BCUT2D eigenvalue weighted by Gasteiger charge is 2.20. The molecule has 1 aliphatic rings. The largest absolute Gasteiger partial charge is 0.376 e. The van der Waals surface area contributed by atoms with E-state index in [9.17, 15) is 4.79 Å². The first-order valence-corrected chi connectivity index (χ1v) is 11.6. The van der Waals surface area contributed by atoms with E-state index in [1.54, 1.807) is 0 Å². The van der Waals surface area contributed by atoms with Crippen LogP contribution in [0.5, 0.6) is 0 Å². The lowest BCUT2D eigenvalue weighted by Gasteiger charge is -2.13. The third-order valence-electron chi connectivity index (χ3n) is 4.61. The zero-order chi connectivity index (χ0) is 19.8. The van der Waals surface area contributed by atoms with Crippen LogP contribution in [-0.2, 0) is 16.0 Å². The van der Waals surface area contributed by atoms with Crippen LogP contribution in [0.4, 0.5) is 10.8 Å². The van der Waals surface area contributed by atoms with E-state index >= 15 is 0 Å². The van der Waals surface area contributed by atoms with Crippen molar-refractivity contribution >= 4 is 39.8 Å². The number of anilines is 2. The molecule has 6 nitrogen and oxygen atoms in total. The van der Waals surface area contributed by atoms with Crippen molar-refractivity contribution in [2.75, 3.05) is 18.5 Å². The van der Waals surface area contributed by atoms with E-state index in [0.29, 0.717) is 6.54 Å². The Bertz CT molecular complexity index is 745. The topological polar surface area (TPSA) is 76.1 Å². The normalized spacial score (nSPS) is 17.4. The lowest BCUT2D eigenvalue weighted by atomic mass is 10.1. The van der Waals surface area contributed by atoms with Crippen molar-refractivity contribution in [1.29, 1.82) is 0 Å². The van der Waals surface area contributed by atoms with Gasteiger partial charge in [-0.2, -0.15) is 0 Å². The smallest absolute Gasteiger partial charge is 0.233 e. The molecule has 0 unspecified atom stereocenters. The molecule has 1 aliphatic heterocycles. The van der Waals surface area contributed by atoms with Gasteiger partial charge >= 0.3 is 0 Å². The number of rotatable bonds is 10. The van der Waals surface area contributed by atoms with Crippen LogP contribution in [0.3, 0.4) is 0 Å². The van der Waals surface area contributed by atoms with Crippen LogP contribution in [0.25, 0.3) is 0 Å². The number of aryl methyl sites for hydroxylation is 1. The second-order valence-electron chi connectivity index (χ2n) is 6.94. The van der Waals surface area contributed by atoms with Crippen molar-refractivity contribution in [2.24, 2.45) is 0 Å². The second kappa shape index (κ2) is 10.8. The second-order valence-corrected chi connectivity index (χ2v) is 9.50. The summed E-state index contributed by atoms with van der Waals surface area (Å²) in [5.41, 5.74) is 2.35. The van der Waals surface area contributed by atoms with Crippen LogP contribution in [0.15, 0.2) is 28.6 Å². The standard InChI is InChI=1S/C20H28N4O2S2/c1-3-4-6-15-8-10-16(11-9-15)22-19-23-24-20(28-19)27-14(2)18(25)21-13-17-7-5-12-26-17/h8-11,14,17H,3-7,12-13H2,1-2H3,(H,21,25)(H,22,23)/t14-,17-/m1/s1. The molecular formula is C20H28N4O2S2. The highest BCUT2D eigenvalue weighted by atomic mass is 32.2. The Labute approximate surface area is 174 Å².